The minimum Gasteiger partial charge on any atom is -0.460 e. The lowest BCUT2D eigenvalue weighted by atomic mass is 10.2. The molecule has 8 heteroatoms. The molecule has 1 amide bonds. The summed E-state index contributed by atoms with van der Waals surface area (Å²) in [5, 5.41) is 13.4. The van der Waals surface area contributed by atoms with Crippen LogP contribution in [-0.4, -0.2) is 22.4 Å². The van der Waals surface area contributed by atoms with Crippen LogP contribution in [0.5, 0.6) is 0 Å². The molecule has 0 atom stereocenters. The normalized spacial score (nSPS) is 11.0. The predicted molar refractivity (Wildman–Crippen MR) is 87.7 cm³/mol. The number of nitrogens with zero attached hydrogens (tertiary/aromatic N) is 1. The van der Waals surface area contributed by atoms with Crippen molar-refractivity contribution in [3.05, 3.63) is 38.3 Å². The van der Waals surface area contributed by atoms with E-state index in [1.165, 1.54) is 12.1 Å². The van der Waals surface area contributed by atoms with Crippen molar-refractivity contribution in [1.29, 1.82) is 0 Å². The van der Waals surface area contributed by atoms with Crippen LogP contribution in [0.3, 0.4) is 0 Å². The number of non-ortho nitro benzene ring substituents is 1. The molecule has 7 nitrogen and oxygen atoms in total. The van der Waals surface area contributed by atoms with E-state index in [2.05, 4.69) is 21.2 Å². The van der Waals surface area contributed by atoms with Gasteiger partial charge in [-0.3, -0.25) is 19.7 Å². The van der Waals surface area contributed by atoms with Crippen LogP contribution >= 0.6 is 15.9 Å². The molecule has 0 aliphatic heterocycles. The Hall–Kier alpha value is -1.96. The maximum absolute atomic E-state index is 11.7. The molecule has 0 aromatic heterocycles. The number of benzene rings is 1. The van der Waals surface area contributed by atoms with Crippen LogP contribution < -0.4 is 5.32 Å². The summed E-state index contributed by atoms with van der Waals surface area (Å²) in [6.45, 7) is 5.40. The maximum atomic E-state index is 11.7. The Morgan fingerprint density at radius 2 is 1.96 bits per heavy atom. The van der Waals surface area contributed by atoms with Gasteiger partial charge >= 0.3 is 5.97 Å². The molecule has 0 fully saturated rings. The number of carbonyl (C=O) groups is 2. The summed E-state index contributed by atoms with van der Waals surface area (Å²) in [4.78, 5) is 33.5. The average molecular weight is 387 g/mol. The molecule has 1 rings (SSSR count). The van der Waals surface area contributed by atoms with Gasteiger partial charge in [0.2, 0.25) is 5.91 Å². The lowest BCUT2D eigenvalue weighted by Gasteiger charge is -2.19. The molecular weight excluding hydrogens is 368 g/mol. The smallest absolute Gasteiger partial charge is 0.306 e. The van der Waals surface area contributed by atoms with Crippen molar-refractivity contribution in [3.8, 4) is 0 Å². The highest BCUT2D eigenvalue weighted by atomic mass is 79.9. The Balaban J connectivity index is 2.49. The SMILES string of the molecule is CC(C)(C)OC(=O)CCC(=O)NCc1cc([N+](=O)[O-])ccc1Br. The molecule has 0 saturated carbocycles. The van der Waals surface area contributed by atoms with Gasteiger partial charge < -0.3 is 10.1 Å². The molecule has 0 radical (unpaired) electrons. The zero-order valence-corrected chi connectivity index (χ0v) is 14.8. The highest BCUT2D eigenvalue weighted by molar-refractivity contribution is 9.10. The number of rotatable bonds is 6. The molecule has 0 spiro atoms. The Kier molecular flexibility index (Phi) is 6.68. The van der Waals surface area contributed by atoms with Gasteiger partial charge in [0.15, 0.2) is 0 Å². The van der Waals surface area contributed by atoms with E-state index in [1.807, 2.05) is 0 Å². The van der Waals surface area contributed by atoms with Crippen molar-refractivity contribution in [3.63, 3.8) is 0 Å². The van der Waals surface area contributed by atoms with Gasteiger partial charge in [0.25, 0.3) is 5.69 Å². The summed E-state index contributed by atoms with van der Waals surface area (Å²) in [6, 6.07) is 4.32. The lowest BCUT2D eigenvalue weighted by Crippen LogP contribution is -2.27. The maximum Gasteiger partial charge on any atom is 0.306 e. The number of nitro groups is 1. The number of ether oxygens (including phenoxy) is 1. The Morgan fingerprint density at radius 1 is 1.30 bits per heavy atom. The highest BCUT2D eigenvalue weighted by Gasteiger charge is 2.17. The van der Waals surface area contributed by atoms with E-state index >= 15 is 0 Å². The van der Waals surface area contributed by atoms with Crippen LogP contribution in [0, 0.1) is 10.1 Å². The summed E-state index contributed by atoms with van der Waals surface area (Å²) < 4.78 is 5.77. The lowest BCUT2D eigenvalue weighted by molar-refractivity contribution is -0.384. The fraction of sp³-hybridized carbons (Fsp3) is 0.467. The van der Waals surface area contributed by atoms with E-state index < -0.39 is 16.5 Å². The van der Waals surface area contributed by atoms with Crippen molar-refractivity contribution in [2.24, 2.45) is 0 Å². The van der Waals surface area contributed by atoms with E-state index in [-0.39, 0.29) is 31.0 Å². The van der Waals surface area contributed by atoms with Gasteiger partial charge in [-0.25, -0.2) is 0 Å². The standard InChI is InChI=1S/C15H19BrN2O5/c1-15(2,3)23-14(20)7-6-13(19)17-9-10-8-11(18(21)22)4-5-12(10)16/h4-5,8H,6-7,9H2,1-3H3,(H,17,19). The molecule has 23 heavy (non-hydrogen) atoms. The largest absolute Gasteiger partial charge is 0.460 e. The van der Waals surface area contributed by atoms with Crippen LogP contribution in [0.1, 0.15) is 39.2 Å². The van der Waals surface area contributed by atoms with Crippen LogP contribution in [0.25, 0.3) is 0 Å². The molecule has 0 aliphatic carbocycles. The average Bonchev–Trinajstić information content (AvgIpc) is 2.42. The van der Waals surface area contributed by atoms with Gasteiger partial charge in [0, 0.05) is 29.6 Å². The van der Waals surface area contributed by atoms with Crippen LogP contribution in [0.4, 0.5) is 5.69 Å². The molecule has 0 bridgehead atoms. The minimum absolute atomic E-state index is 0.00145. The second-order valence-corrected chi connectivity index (χ2v) is 6.75. The number of nitro benzene ring substituents is 1. The Morgan fingerprint density at radius 3 is 2.52 bits per heavy atom. The number of amides is 1. The third-order valence-corrected chi connectivity index (χ3v) is 3.47. The quantitative estimate of drug-likeness (QED) is 0.460. The molecule has 0 saturated heterocycles. The zero-order valence-electron chi connectivity index (χ0n) is 13.2. The van der Waals surface area contributed by atoms with Gasteiger partial charge in [-0.15, -0.1) is 0 Å². The molecule has 1 aromatic rings. The number of hydrogen-bond donors (Lipinski definition) is 1. The summed E-state index contributed by atoms with van der Waals surface area (Å²) in [5.74, 6) is -0.765. The number of carbonyl (C=O) groups excluding carboxylic acids is 2. The number of esters is 1. The van der Waals surface area contributed by atoms with Gasteiger partial charge in [0.1, 0.15) is 5.60 Å². The van der Waals surface area contributed by atoms with Crippen molar-refractivity contribution in [2.45, 2.75) is 45.8 Å². The molecule has 0 unspecified atom stereocenters. The first-order valence-electron chi connectivity index (χ1n) is 7.00. The summed E-state index contributed by atoms with van der Waals surface area (Å²) >= 11 is 3.28. The second-order valence-electron chi connectivity index (χ2n) is 5.90. The molecule has 0 aliphatic rings. The third-order valence-electron chi connectivity index (χ3n) is 2.69. The summed E-state index contributed by atoms with van der Waals surface area (Å²) in [5.41, 5.74) is -0.0440. The first-order valence-corrected chi connectivity index (χ1v) is 7.79. The molecule has 1 N–H and O–H groups in total. The first-order chi connectivity index (χ1) is 10.6. The van der Waals surface area contributed by atoms with Crippen LogP contribution in [0.15, 0.2) is 22.7 Å². The monoisotopic (exact) mass is 386 g/mol. The fourth-order valence-electron chi connectivity index (χ4n) is 1.70. The number of nitrogens with one attached hydrogen (secondary N) is 1. The van der Waals surface area contributed by atoms with Gasteiger partial charge in [-0.1, -0.05) is 15.9 Å². The molecule has 0 heterocycles. The molecule has 126 valence electrons. The predicted octanol–water partition coefficient (Wildman–Crippen LogP) is 3.10. The van der Waals surface area contributed by atoms with Gasteiger partial charge in [-0.2, -0.15) is 0 Å². The Labute approximate surface area is 142 Å². The molecular formula is C15H19BrN2O5. The number of hydrogen-bond acceptors (Lipinski definition) is 5. The summed E-state index contributed by atoms with van der Waals surface area (Å²) in [6.07, 6.45) is -0.0132. The minimum atomic E-state index is -0.582. The van der Waals surface area contributed by atoms with E-state index in [4.69, 9.17) is 4.74 Å². The van der Waals surface area contributed by atoms with E-state index in [9.17, 15) is 19.7 Å². The topological polar surface area (TPSA) is 98.5 Å². The zero-order chi connectivity index (χ0) is 17.6. The van der Waals surface area contributed by atoms with E-state index in [1.54, 1.807) is 26.8 Å². The van der Waals surface area contributed by atoms with Crippen LogP contribution in [-0.2, 0) is 20.9 Å². The Bertz CT molecular complexity index is 610. The van der Waals surface area contributed by atoms with Gasteiger partial charge in [0.05, 0.1) is 11.3 Å². The van der Waals surface area contributed by atoms with Crippen molar-refractivity contribution in [2.75, 3.05) is 0 Å². The number of halogens is 1. The third kappa shape index (κ3) is 7.23. The molecule has 1 aromatic carbocycles. The van der Waals surface area contributed by atoms with E-state index in [0.717, 1.165) is 0 Å². The van der Waals surface area contributed by atoms with Crippen LogP contribution in [0.2, 0.25) is 0 Å². The fourth-order valence-corrected chi connectivity index (χ4v) is 2.09. The van der Waals surface area contributed by atoms with Crippen molar-refractivity contribution >= 4 is 33.5 Å². The second kappa shape index (κ2) is 8.05. The van der Waals surface area contributed by atoms with Gasteiger partial charge in [-0.05, 0) is 32.4 Å². The van der Waals surface area contributed by atoms with Crippen molar-refractivity contribution < 1.29 is 19.2 Å². The van der Waals surface area contributed by atoms with E-state index in [0.29, 0.717) is 10.0 Å². The summed E-state index contributed by atoms with van der Waals surface area (Å²) in [7, 11) is 0. The highest BCUT2D eigenvalue weighted by Crippen LogP contribution is 2.22. The van der Waals surface area contributed by atoms with Crippen molar-refractivity contribution in [1.82, 2.24) is 5.32 Å². The first kappa shape index (κ1) is 19.1.